The van der Waals surface area contributed by atoms with Gasteiger partial charge >= 0.3 is 0 Å². The van der Waals surface area contributed by atoms with E-state index in [0.29, 0.717) is 23.0 Å². The number of fused-ring (bicyclic) bond motifs is 1. The summed E-state index contributed by atoms with van der Waals surface area (Å²) in [6.07, 6.45) is 9.52. The lowest BCUT2D eigenvalue weighted by atomic mass is 9.86. The standard InChI is InChI=1S/C20H27ClN2O3/c21-16-7-4-8-18-20(16)17(11-23(18)15(12-24)13-25)22-19(26)10-9-14-5-2-1-3-6-14/h4,7-8,11,14-15,24-25H,1-3,5-6,9-10,12-13H2,(H,22,26). The Labute approximate surface area is 159 Å². The average Bonchev–Trinajstić information content (AvgIpc) is 3.02. The largest absolute Gasteiger partial charge is 0.394 e. The van der Waals surface area contributed by atoms with Gasteiger partial charge in [0, 0.05) is 18.0 Å². The summed E-state index contributed by atoms with van der Waals surface area (Å²) < 4.78 is 1.78. The Balaban J connectivity index is 1.77. The molecule has 0 aliphatic heterocycles. The van der Waals surface area contributed by atoms with E-state index >= 15 is 0 Å². The van der Waals surface area contributed by atoms with Gasteiger partial charge in [-0.25, -0.2) is 0 Å². The number of aromatic nitrogens is 1. The normalized spacial score (nSPS) is 15.7. The summed E-state index contributed by atoms with van der Waals surface area (Å²) in [5.41, 5.74) is 1.42. The number of rotatable bonds is 7. The van der Waals surface area contributed by atoms with E-state index < -0.39 is 6.04 Å². The Morgan fingerprint density at radius 2 is 1.96 bits per heavy atom. The van der Waals surface area contributed by atoms with Crippen LogP contribution < -0.4 is 5.32 Å². The quantitative estimate of drug-likeness (QED) is 0.678. The number of aliphatic hydroxyl groups is 2. The zero-order valence-corrected chi connectivity index (χ0v) is 15.7. The highest BCUT2D eigenvalue weighted by Gasteiger charge is 2.19. The van der Waals surface area contributed by atoms with E-state index in [0.717, 1.165) is 17.3 Å². The van der Waals surface area contributed by atoms with Crippen molar-refractivity contribution in [1.82, 2.24) is 4.57 Å². The van der Waals surface area contributed by atoms with Crippen molar-refractivity contribution in [1.29, 1.82) is 0 Å². The molecule has 0 radical (unpaired) electrons. The van der Waals surface area contributed by atoms with Gasteiger partial charge in [-0.3, -0.25) is 4.79 Å². The van der Waals surface area contributed by atoms with Gasteiger partial charge in [0.1, 0.15) is 0 Å². The first-order chi connectivity index (χ1) is 12.6. The highest BCUT2D eigenvalue weighted by Crippen LogP contribution is 2.34. The SMILES string of the molecule is O=C(CCC1CCCCC1)Nc1cn(C(CO)CO)c2cccc(Cl)c12. The Morgan fingerprint density at radius 3 is 2.65 bits per heavy atom. The van der Waals surface area contributed by atoms with Crippen molar-refractivity contribution in [2.24, 2.45) is 5.92 Å². The van der Waals surface area contributed by atoms with Crippen molar-refractivity contribution in [2.45, 2.75) is 51.0 Å². The first-order valence-corrected chi connectivity index (χ1v) is 9.82. The minimum atomic E-state index is -0.469. The summed E-state index contributed by atoms with van der Waals surface area (Å²) >= 11 is 6.36. The van der Waals surface area contributed by atoms with E-state index in [1.807, 2.05) is 12.1 Å². The van der Waals surface area contributed by atoms with Crippen LogP contribution in [0.1, 0.15) is 51.0 Å². The fourth-order valence-corrected chi connectivity index (χ4v) is 4.19. The van der Waals surface area contributed by atoms with Gasteiger partial charge in [0.05, 0.1) is 35.5 Å². The molecule has 0 bridgehead atoms. The highest BCUT2D eigenvalue weighted by atomic mass is 35.5. The summed E-state index contributed by atoms with van der Waals surface area (Å²) in [6, 6.07) is 5.00. The minimum Gasteiger partial charge on any atom is -0.394 e. The molecule has 1 amide bonds. The van der Waals surface area contributed by atoms with E-state index in [-0.39, 0.29) is 19.1 Å². The van der Waals surface area contributed by atoms with Crippen LogP contribution in [0.2, 0.25) is 5.02 Å². The Kier molecular flexibility index (Phi) is 6.57. The minimum absolute atomic E-state index is 0.0147. The van der Waals surface area contributed by atoms with Crippen LogP contribution in [0.3, 0.4) is 0 Å². The third-order valence-electron chi connectivity index (χ3n) is 5.40. The molecular formula is C20H27ClN2O3. The highest BCUT2D eigenvalue weighted by molar-refractivity contribution is 6.36. The number of amides is 1. The zero-order valence-electron chi connectivity index (χ0n) is 15.0. The van der Waals surface area contributed by atoms with Crippen molar-refractivity contribution in [3.63, 3.8) is 0 Å². The molecule has 5 nitrogen and oxygen atoms in total. The second-order valence-corrected chi connectivity index (χ2v) is 7.60. The van der Waals surface area contributed by atoms with Crippen LogP contribution in [0, 0.1) is 5.92 Å². The maximum atomic E-state index is 12.5. The van der Waals surface area contributed by atoms with Crippen molar-refractivity contribution < 1.29 is 15.0 Å². The number of anilines is 1. The summed E-state index contributed by atoms with van der Waals surface area (Å²) in [5, 5.41) is 23.3. The number of aliphatic hydroxyl groups excluding tert-OH is 2. The van der Waals surface area contributed by atoms with Gasteiger partial charge in [0.2, 0.25) is 5.91 Å². The number of hydrogen-bond acceptors (Lipinski definition) is 3. The first kappa shape index (κ1) is 19.2. The van der Waals surface area contributed by atoms with Crippen LogP contribution in [0.4, 0.5) is 5.69 Å². The van der Waals surface area contributed by atoms with Gasteiger partial charge in [0.15, 0.2) is 0 Å². The summed E-state index contributed by atoms with van der Waals surface area (Å²) in [6.45, 7) is -0.385. The predicted octanol–water partition coefficient (Wildman–Crippen LogP) is 4.12. The average molecular weight is 379 g/mol. The molecule has 0 saturated heterocycles. The number of nitrogens with one attached hydrogen (secondary N) is 1. The van der Waals surface area contributed by atoms with Crippen LogP contribution in [-0.4, -0.2) is 33.9 Å². The monoisotopic (exact) mass is 378 g/mol. The second-order valence-electron chi connectivity index (χ2n) is 7.19. The van der Waals surface area contributed by atoms with Crippen LogP contribution >= 0.6 is 11.6 Å². The smallest absolute Gasteiger partial charge is 0.224 e. The Hall–Kier alpha value is -1.56. The van der Waals surface area contributed by atoms with Crippen molar-refractivity contribution in [2.75, 3.05) is 18.5 Å². The number of carbonyl (C=O) groups excluding carboxylic acids is 1. The number of halogens is 1. The lowest BCUT2D eigenvalue weighted by Gasteiger charge is -2.20. The van der Waals surface area contributed by atoms with Crippen LogP contribution in [0.15, 0.2) is 24.4 Å². The van der Waals surface area contributed by atoms with E-state index in [1.165, 1.54) is 32.1 Å². The molecule has 0 atom stereocenters. The van der Waals surface area contributed by atoms with Crippen molar-refractivity contribution in [3.05, 3.63) is 29.4 Å². The third kappa shape index (κ3) is 4.22. The molecule has 1 saturated carbocycles. The Bertz CT molecular complexity index is 749. The summed E-state index contributed by atoms with van der Waals surface area (Å²) in [4.78, 5) is 12.5. The van der Waals surface area contributed by atoms with Crippen LogP contribution in [0.25, 0.3) is 10.9 Å². The molecule has 3 N–H and O–H groups in total. The topological polar surface area (TPSA) is 74.5 Å². The van der Waals surface area contributed by atoms with Gasteiger partial charge in [-0.2, -0.15) is 0 Å². The fraction of sp³-hybridized carbons (Fsp3) is 0.550. The molecule has 26 heavy (non-hydrogen) atoms. The molecule has 142 valence electrons. The van der Waals surface area contributed by atoms with Gasteiger partial charge in [-0.1, -0.05) is 49.8 Å². The van der Waals surface area contributed by atoms with Crippen molar-refractivity contribution >= 4 is 34.1 Å². The molecule has 1 fully saturated rings. The molecule has 1 aromatic carbocycles. The molecule has 1 aromatic heterocycles. The number of hydrogen-bond donors (Lipinski definition) is 3. The molecule has 1 aliphatic carbocycles. The van der Waals surface area contributed by atoms with Gasteiger partial charge in [-0.15, -0.1) is 0 Å². The number of nitrogens with zero attached hydrogens (tertiary/aromatic N) is 1. The second kappa shape index (κ2) is 8.89. The predicted molar refractivity (Wildman–Crippen MR) is 105 cm³/mol. The van der Waals surface area contributed by atoms with E-state index in [2.05, 4.69) is 5.32 Å². The van der Waals surface area contributed by atoms with E-state index in [4.69, 9.17) is 11.6 Å². The van der Waals surface area contributed by atoms with Gasteiger partial charge in [-0.05, 0) is 24.5 Å². The zero-order chi connectivity index (χ0) is 18.5. The van der Waals surface area contributed by atoms with Gasteiger partial charge in [0.25, 0.3) is 0 Å². The molecule has 1 heterocycles. The molecule has 1 aliphatic rings. The van der Waals surface area contributed by atoms with E-state index in [9.17, 15) is 15.0 Å². The number of benzene rings is 1. The van der Waals surface area contributed by atoms with Crippen LogP contribution in [0.5, 0.6) is 0 Å². The number of carbonyl (C=O) groups is 1. The maximum absolute atomic E-state index is 12.5. The van der Waals surface area contributed by atoms with Gasteiger partial charge < -0.3 is 20.1 Å². The van der Waals surface area contributed by atoms with E-state index in [1.54, 1.807) is 16.8 Å². The molecule has 6 heteroatoms. The van der Waals surface area contributed by atoms with Crippen LogP contribution in [-0.2, 0) is 4.79 Å². The molecule has 0 unspecified atom stereocenters. The third-order valence-corrected chi connectivity index (χ3v) is 5.72. The lowest BCUT2D eigenvalue weighted by Crippen LogP contribution is -2.16. The fourth-order valence-electron chi connectivity index (χ4n) is 3.92. The summed E-state index contributed by atoms with van der Waals surface area (Å²) in [5.74, 6) is 0.645. The maximum Gasteiger partial charge on any atom is 0.224 e. The molecule has 3 rings (SSSR count). The lowest BCUT2D eigenvalue weighted by molar-refractivity contribution is -0.116. The molecular weight excluding hydrogens is 352 g/mol. The molecule has 0 spiro atoms. The molecule has 2 aromatic rings. The Morgan fingerprint density at radius 1 is 1.23 bits per heavy atom. The van der Waals surface area contributed by atoms with Crippen molar-refractivity contribution in [3.8, 4) is 0 Å². The summed E-state index contributed by atoms with van der Waals surface area (Å²) in [7, 11) is 0. The first-order valence-electron chi connectivity index (χ1n) is 9.44.